The standard InChI is InChI=1S/C28H14N4O4/c33-25-21-9-7-17(13-23(21)27(35)31(25)19-3-1-11-29-15-19)5-6-18-8-10-22-24(14-18)28(36)32(26(22)34)20-4-2-12-30-16-20/h1-4,7-16H. The van der Waals surface area contributed by atoms with E-state index in [1.807, 2.05) is 0 Å². The number of anilines is 2. The van der Waals surface area contributed by atoms with Crippen LogP contribution < -0.4 is 9.80 Å². The number of amides is 4. The van der Waals surface area contributed by atoms with Crippen molar-refractivity contribution in [2.45, 2.75) is 0 Å². The highest BCUT2D eigenvalue weighted by molar-refractivity contribution is 6.35. The topological polar surface area (TPSA) is 101 Å². The normalized spacial score (nSPS) is 14.0. The molecule has 8 heteroatoms. The van der Waals surface area contributed by atoms with Crippen LogP contribution in [0.2, 0.25) is 0 Å². The summed E-state index contributed by atoms with van der Waals surface area (Å²) in [7, 11) is 0. The summed E-state index contributed by atoms with van der Waals surface area (Å²) in [6.45, 7) is 0. The lowest BCUT2D eigenvalue weighted by atomic mass is 10.0. The zero-order valence-electron chi connectivity index (χ0n) is 18.5. The summed E-state index contributed by atoms with van der Waals surface area (Å²) < 4.78 is 0. The Kier molecular flexibility index (Phi) is 4.76. The Morgan fingerprint density at radius 2 is 0.944 bits per heavy atom. The van der Waals surface area contributed by atoms with Crippen LogP contribution >= 0.6 is 0 Å². The summed E-state index contributed by atoms with van der Waals surface area (Å²) in [5.41, 5.74) is 2.97. The molecule has 0 atom stereocenters. The van der Waals surface area contributed by atoms with Crippen molar-refractivity contribution in [1.29, 1.82) is 0 Å². The van der Waals surface area contributed by atoms with Crippen LogP contribution in [-0.2, 0) is 0 Å². The third kappa shape index (κ3) is 3.27. The average molecular weight is 470 g/mol. The number of imide groups is 2. The highest BCUT2D eigenvalue weighted by Crippen LogP contribution is 2.30. The van der Waals surface area contributed by atoms with Crippen LogP contribution in [0.25, 0.3) is 0 Å². The van der Waals surface area contributed by atoms with E-state index in [-0.39, 0.29) is 11.1 Å². The Balaban J connectivity index is 1.29. The monoisotopic (exact) mass is 470 g/mol. The second-order valence-electron chi connectivity index (χ2n) is 8.08. The molecule has 0 bridgehead atoms. The highest BCUT2D eigenvalue weighted by Gasteiger charge is 2.38. The smallest absolute Gasteiger partial charge is 0.266 e. The second-order valence-corrected chi connectivity index (χ2v) is 8.08. The van der Waals surface area contributed by atoms with Gasteiger partial charge < -0.3 is 0 Å². The molecular formula is C28H14N4O4. The molecule has 4 amide bonds. The molecule has 4 aromatic rings. The van der Waals surface area contributed by atoms with Gasteiger partial charge in [0, 0.05) is 23.5 Å². The van der Waals surface area contributed by atoms with Gasteiger partial charge in [0.15, 0.2) is 0 Å². The third-order valence-electron chi connectivity index (χ3n) is 5.93. The number of rotatable bonds is 2. The van der Waals surface area contributed by atoms with Gasteiger partial charge in [-0.1, -0.05) is 11.8 Å². The molecule has 0 spiro atoms. The fourth-order valence-electron chi connectivity index (χ4n) is 4.22. The van der Waals surface area contributed by atoms with E-state index in [1.54, 1.807) is 73.1 Å². The summed E-state index contributed by atoms with van der Waals surface area (Å²) in [5.74, 6) is 4.24. The van der Waals surface area contributed by atoms with E-state index in [1.165, 1.54) is 12.4 Å². The first-order chi connectivity index (χ1) is 17.5. The molecule has 36 heavy (non-hydrogen) atoms. The van der Waals surface area contributed by atoms with E-state index in [0.29, 0.717) is 33.6 Å². The maximum atomic E-state index is 12.9. The number of nitrogens with zero attached hydrogens (tertiary/aromatic N) is 4. The molecule has 0 radical (unpaired) electrons. The number of hydrogen-bond acceptors (Lipinski definition) is 6. The summed E-state index contributed by atoms with van der Waals surface area (Å²) in [5, 5.41) is 0. The molecular weight excluding hydrogens is 456 g/mol. The fraction of sp³-hybridized carbons (Fsp3) is 0. The van der Waals surface area contributed by atoms with Gasteiger partial charge in [-0.2, -0.15) is 0 Å². The molecule has 0 saturated carbocycles. The van der Waals surface area contributed by atoms with Crippen molar-refractivity contribution in [3.63, 3.8) is 0 Å². The molecule has 2 aromatic carbocycles. The van der Waals surface area contributed by atoms with Crippen molar-refractivity contribution < 1.29 is 19.2 Å². The Bertz CT molecular complexity index is 1550. The minimum absolute atomic E-state index is 0.262. The molecule has 0 saturated heterocycles. The van der Waals surface area contributed by atoms with Crippen LogP contribution in [0, 0.1) is 11.8 Å². The van der Waals surface area contributed by atoms with Gasteiger partial charge in [-0.25, -0.2) is 9.80 Å². The molecule has 4 heterocycles. The van der Waals surface area contributed by atoms with Crippen LogP contribution in [0.3, 0.4) is 0 Å². The number of hydrogen-bond donors (Lipinski definition) is 0. The van der Waals surface area contributed by atoms with Crippen molar-refractivity contribution in [1.82, 2.24) is 9.97 Å². The Morgan fingerprint density at radius 1 is 0.528 bits per heavy atom. The lowest BCUT2D eigenvalue weighted by Gasteiger charge is -2.12. The van der Waals surface area contributed by atoms with Gasteiger partial charge in [-0.15, -0.1) is 0 Å². The molecule has 0 N–H and O–H groups in total. The zero-order valence-corrected chi connectivity index (χ0v) is 18.5. The average Bonchev–Trinajstić information content (AvgIpc) is 3.32. The van der Waals surface area contributed by atoms with Crippen LogP contribution in [0.4, 0.5) is 11.4 Å². The van der Waals surface area contributed by atoms with Gasteiger partial charge in [0.25, 0.3) is 23.6 Å². The van der Waals surface area contributed by atoms with E-state index >= 15 is 0 Å². The van der Waals surface area contributed by atoms with E-state index < -0.39 is 23.6 Å². The first-order valence-electron chi connectivity index (χ1n) is 10.9. The fourth-order valence-corrected chi connectivity index (χ4v) is 4.22. The van der Waals surface area contributed by atoms with E-state index in [0.717, 1.165) is 9.80 Å². The van der Waals surface area contributed by atoms with Crippen LogP contribution in [0.15, 0.2) is 85.5 Å². The van der Waals surface area contributed by atoms with Crippen molar-refractivity contribution in [3.8, 4) is 11.8 Å². The maximum Gasteiger partial charge on any atom is 0.266 e. The third-order valence-corrected chi connectivity index (χ3v) is 5.93. The number of benzene rings is 2. The highest BCUT2D eigenvalue weighted by atomic mass is 16.2. The molecule has 0 fully saturated rings. The van der Waals surface area contributed by atoms with Crippen molar-refractivity contribution >= 4 is 35.0 Å². The first-order valence-corrected chi connectivity index (χ1v) is 10.9. The van der Waals surface area contributed by atoms with Crippen molar-refractivity contribution in [2.75, 3.05) is 9.80 Å². The van der Waals surface area contributed by atoms with Crippen LogP contribution in [0.5, 0.6) is 0 Å². The summed E-state index contributed by atoms with van der Waals surface area (Å²) >= 11 is 0. The minimum Gasteiger partial charge on any atom is -0.268 e. The van der Waals surface area contributed by atoms with Gasteiger partial charge >= 0.3 is 0 Å². The SMILES string of the molecule is O=C1c2ccc(C#Cc3ccc4c(c3)C(=O)N(c3cccnc3)C4=O)cc2C(=O)N1c1cccnc1. The van der Waals surface area contributed by atoms with Crippen LogP contribution in [-0.4, -0.2) is 33.6 Å². The predicted molar refractivity (Wildman–Crippen MR) is 130 cm³/mol. The molecule has 2 aliphatic heterocycles. The van der Waals surface area contributed by atoms with Crippen LogP contribution in [0.1, 0.15) is 52.6 Å². The molecule has 170 valence electrons. The predicted octanol–water partition coefficient (Wildman–Crippen LogP) is 3.48. The number of aromatic nitrogens is 2. The van der Waals surface area contributed by atoms with Gasteiger partial charge in [0.2, 0.25) is 0 Å². The molecule has 2 aromatic heterocycles. The Morgan fingerprint density at radius 3 is 1.33 bits per heavy atom. The lowest BCUT2D eigenvalue weighted by molar-refractivity contribution is 0.0910. The van der Waals surface area contributed by atoms with E-state index in [9.17, 15) is 19.2 Å². The van der Waals surface area contributed by atoms with E-state index in [4.69, 9.17) is 0 Å². The van der Waals surface area contributed by atoms with Crippen molar-refractivity contribution in [2.24, 2.45) is 0 Å². The van der Waals surface area contributed by atoms with Gasteiger partial charge in [-0.05, 0) is 60.7 Å². The lowest BCUT2D eigenvalue weighted by Crippen LogP contribution is -2.29. The Hall–Kier alpha value is -5.42. The number of carbonyl (C=O) groups excluding carboxylic acids is 4. The number of carbonyl (C=O) groups is 4. The molecule has 0 aliphatic carbocycles. The van der Waals surface area contributed by atoms with E-state index in [2.05, 4.69) is 21.8 Å². The minimum atomic E-state index is -0.441. The molecule has 2 aliphatic rings. The Labute approximate surface area is 204 Å². The molecule has 6 rings (SSSR count). The van der Waals surface area contributed by atoms with Gasteiger partial charge in [0.1, 0.15) is 0 Å². The summed E-state index contributed by atoms with van der Waals surface area (Å²) in [6.07, 6.45) is 6.04. The second kappa shape index (κ2) is 8.11. The summed E-state index contributed by atoms with van der Waals surface area (Å²) in [4.78, 5) is 61.5. The largest absolute Gasteiger partial charge is 0.268 e. The van der Waals surface area contributed by atoms with Gasteiger partial charge in [0.05, 0.1) is 46.0 Å². The summed E-state index contributed by atoms with van der Waals surface area (Å²) in [6, 6.07) is 16.2. The van der Waals surface area contributed by atoms with Crippen molar-refractivity contribution in [3.05, 3.63) is 119 Å². The molecule has 8 nitrogen and oxygen atoms in total. The number of fused-ring (bicyclic) bond motifs is 2. The van der Waals surface area contributed by atoms with Gasteiger partial charge in [-0.3, -0.25) is 29.1 Å². The maximum absolute atomic E-state index is 12.9. The number of pyridine rings is 2. The first kappa shape index (κ1) is 21.1. The zero-order chi connectivity index (χ0) is 24.8. The molecule has 0 unspecified atom stereocenters. The quantitative estimate of drug-likeness (QED) is 0.329.